The van der Waals surface area contributed by atoms with Gasteiger partial charge in [-0.05, 0) is 26.2 Å². The fourth-order valence-corrected chi connectivity index (χ4v) is 0.773. The first-order valence-electron chi connectivity index (χ1n) is 4.17. The standard InChI is InChI=1S/C9H19O/c1-5-8-10-9(4,6-2)7-3/h4-8H2,1-3H3. The van der Waals surface area contributed by atoms with Crippen molar-refractivity contribution in [3.8, 4) is 0 Å². The molecule has 1 heteroatoms. The molecule has 61 valence electrons. The minimum absolute atomic E-state index is 0.115. The summed E-state index contributed by atoms with van der Waals surface area (Å²) in [6.07, 6.45) is 3.09. The zero-order chi connectivity index (χ0) is 8.04. The van der Waals surface area contributed by atoms with Crippen LogP contribution in [0.3, 0.4) is 0 Å². The van der Waals surface area contributed by atoms with Gasteiger partial charge in [0.25, 0.3) is 0 Å². The summed E-state index contributed by atoms with van der Waals surface area (Å²) in [5.74, 6) is 0. The van der Waals surface area contributed by atoms with Crippen molar-refractivity contribution in [1.82, 2.24) is 0 Å². The minimum atomic E-state index is -0.115. The molecule has 0 atom stereocenters. The smallest absolute Gasteiger partial charge is 0.0678 e. The van der Waals surface area contributed by atoms with Gasteiger partial charge in [-0.15, -0.1) is 0 Å². The van der Waals surface area contributed by atoms with E-state index in [4.69, 9.17) is 4.74 Å². The van der Waals surface area contributed by atoms with Crippen LogP contribution in [0.5, 0.6) is 0 Å². The van der Waals surface area contributed by atoms with Gasteiger partial charge in [0.2, 0.25) is 0 Å². The summed E-state index contributed by atoms with van der Waals surface area (Å²) in [6.45, 7) is 11.2. The summed E-state index contributed by atoms with van der Waals surface area (Å²) in [4.78, 5) is 0. The normalized spacial score (nSPS) is 12.0. The SMILES string of the molecule is [CH2]C(CC)(CC)OCCC. The van der Waals surface area contributed by atoms with Crippen molar-refractivity contribution < 1.29 is 4.74 Å². The van der Waals surface area contributed by atoms with E-state index in [1.54, 1.807) is 0 Å². The fraction of sp³-hybridized carbons (Fsp3) is 0.889. The van der Waals surface area contributed by atoms with E-state index < -0.39 is 0 Å². The highest BCUT2D eigenvalue weighted by molar-refractivity contribution is 4.79. The Hall–Kier alpha value is -0.0400. The lowest BCUT2D eigenvalue weighted by Crippen LogP contribution is -2.27. The Bertz CT molecular complexity index is 74.8. The van der Waals surface area contributed by atoms with Crippen molar-refractivity contribution in [2.24, 2.45) is 0 Å². The summed E-state index contributed by atoms with van der Waals surface area (Å²) in [5.41, 5.74) is -0.115. The van der Waals surface area contributed by atoms with E-state index in [1.807, 2.05) is 0 Å². The molecular weight excluding hydrogens is 124 g/mol. The van der Waals surface area contributed by atoms with Gasteiger partial charge in [0.15, 0.2) is 0 Å². The van der Waals surface area contributed by atoms with Crippen molar-refractivity contribution in [1.29, 1.82) is 0 Å². The molecule has 0 aromatic rings. The first-order chi connectivity index (χ1) is 4.68. The molecule has 0 amide bonds. The lowest BCUT2D eigenvalue weighted by Gasteiger charge is -2.26. The van der Waals surface area contributed by atoms with E-state index in [-0.39, 0.29) is 5.60 Å². The van der Waals surface area contributed by atoms with E-state index in [9.17, 15) is 0 Å². The molecule has 1 radical (unpaired) electrons. The third kappa shape index (κ3) is 3.21. The van der Waals surface area contributed by atoms with E-state index in [0.717, 1.165) is 25.9 Å². The maximum Gasteiger partial charge on any atom is 0.0678 e. The Labute approximate surface area is 64.8 Å². The van der Waals surface area contributed by atoms with Gasteiger partial charge in [-0.3, -0.25) is 0 Å². The van der Waals surface area contributed by atoms with Crippen LogP contribution in [0.2, 0.25) is 0 Å². The molecular formula is C9H19O. The largest absolute Gasteiger partial charge is 0.375 e. The molecule has 0 fully saturated rings. The second-order valence-electron chi connectivity index (χ2n) is 2.74. The highest BCUT2D eigenvalue weighted by Gasteiger charge is 2.18. The molecule has 0 unspecified atom stereocenters. The number of rotatable bonds is 5. The van der Waals surface area contributed by atoms with E-state index >= 15 is 0 Å². The molecule has 0 spiro atoms. The topological polar surface area (TPSA) is 9.23 Å². The zero-order valence-electron chi connectivity index (χ0n) is 7.44. The van der Waals surface area contributed by atoms with Gasteiger partial charge >= 0.3 is 0 Å². The second kappa shape index (κ2) is 4.73. The van der Waals surface area contributed by atoms with Gasteiger partial charge in [-0.2, -0.15) is 0 Å². The monoisotopic (exact) mass is 143 g/mol. The van der Waals surface area contributed by atoms with Crippen molar-refractivity contribution in [2.45, 2.75) is 45.6 Å². The van der Waals surface area contributed by atoms with Crippen LogP contribution in [0, 0.1) is 6.92 Å². The third-order valence-electron chi connectivity index (χ3n) is 1.90. The van der Waals surface area contributed by atoms with Crippen molar-refractivity contribution in [3.05, 3.63) is 6.92 Å². The minimum Gasteiger partial charge on any atom is -0.375 e. The fourth-order valence-electron chi connectivity index (χ4n) is 0.773. The average molecular weight is 143 g/mol. The number of ether oxygens (including phenoxy) is 1. The van der Waals surface area contributed by atoms with Crippen LogP contribution in [0.4, 0.5) is 0 Å². The maximum absolute atomic E-state index is 5.57. The third-order valence-corrected chi connectivity index (χ3v) is 1.90. The maximum atomic E-state index is 5.57. The molecule has 0 aliphatic rings. The predicted molar refractivity (Wildman–Crippen MR) is 44.9 cm³/mol. The van der Waals surface area contributed by atoms with Crippen molar-refractivity contribution in [2.75, 3.05) is 6.61 Å². The summed E-state index contributed by atoms with van der Waals surface area (Å²) < 4.78 is 5.57. The Morgan fingerprint density at radius 1 is 1.20 bits per heavy atom. The zero-order valence-corrected chi connectivity index (χ0v) is 7.44. The molecule has 10 heavy (non-hydrogen) atoms. The van der Waals surface area contributed by atoms with Gasteiger partial charge in [0.1, 0.15) is 0 Å². The lowest BCUT2D eigenvalue weighted by molar-refractivity contribution is -0.0159. The first kappa shape index (κ1) is 9.96. The van der Waals surface area contributed by atoms with Gasteiger partial charge < -0.3 is 4.74 Å². The Morgan fingerprint density at radius 2 is 1.70 bits per heavy atom. The molecule has 0 aromatic carbocycles. The van der Waals surface area contributed by atoms with Gasteiger partial charge in [0.05, 0.1) is 5.60 Å². The van der Waals surface area contributed by atoms with Crippen molar-refractivity contribution >= 4 is 0 Å². The van der Waals surface area contributed by atoms with Crippen LogP contribution in [0.1, 0.15) is 40.0 Å². The van der Waals surface area contributed by atoms with Gasteiger partial charge in [-0.1, -0.05) is 20.8 Å². The highest BCUT2D eigenvalue weighted by Crippen LogP contribution is 2.18. The highest BCUT2D eigenvalue weighted by atomic mass is 16.5. The lowest BCUT2D eigenvalue weighted by atomic mass is 10.0. The predicted octanol–water partition coefficient (Wildman–Crippen LogP) is 2.81. The van der Waals surface area contributed by atoms with Crippen LogP contribution in [0.15, 0.2) is 0 Å². The second-order valence-corrected chi connectivity index (χ2v) is 2.74. The van der Waals surface area contributed by atoms with Gasteiger partial charge in [-0.25, -0.2) is 0 Å². The molecule has 0 saturated heterocycles. The summed E-state index contributed by atoms with van der Waals surface area (Å²) in [5, 5.41) is 0. The molecule has 0 aliphatic carbocycles. The summed E-state index contributed by atoms with van der Waals surface area (Å²) in [7, 11) is 0. The van der Waals surface area contributed by atoms with Crippen LogP contribution in [-0.2, 0) is 4.74 Å². The molecule has 1 nitrogen and oxygen atoms in total. The molecule has 0 rings (SSSR count). The average Bonchev–Trinajstić information content (AvgIpc) is 2.00. The van der Waals surface area contributed by atoms with Crippen molar-refractivity contribution in [3.63, 3.8) is 0 Å². The molecule has 0 heterocycles. The number of hydrogen-bond acceptors (Lipinski definition) is 1. The van der Waals surface area contributed by atoms with E-state index in [0.29, 0.717) is 0 Å². The van der Waals surface area contributed by atoms with E-state index in [2.05, 4.69) is 27.7 Å². The molecule has 0 N–H and O–H groups in total. The Morgan fingerprint density at radius 3 is 2.00 bits per heavy atom. The summed E-state index contributed by atoms with van der Waals surface area (Å²) >= 11 is 0. The summed E-state index contributed by atoms with van der Waals surface area (Å²) in [6, 6.07) is 0. The quantitative estimate of drug-likeness (QED) is 0.575. The Balaban J connectivity index is 3.58. The van der Waals surface area contributed by atoms with Crippen LogP contribution in [-0.4, -0.2) is 12.2 Å². The van der Waals surface area contributed by atoms with Gasteiger partial charge in [0, 0.05) is 6.61 Å². The first-order valence-corrected chi connectivity index (χ1v) is 4.17. The number of hydrogen-bond donors (Lipinski definition) is 0. The molecule has 0 aliphatic heterocycles. The van der Waals surface area contributed by atoms with Crippen LogP contribution < -0.4 is 0 Å². The molecule has 0 saturated carbocycles. The van der Waals surface area contributed by atoms with E-state index in [1.165, 1.54) is 0 Å². The molecule has 0 aromatic heterocycles. The Kier molecular flexibility index (Phi) is 4.71. The molecule has 0 bridgehead atoms. The van der Waals surface area contributed by atoms with Crippen LogP contribution in [0.25, 0.3) is 0 Å². The van der Waals surface area contributed by atoms with Crippen LogP contribution >= 0.6 is 0 Å².